The minimum Gasteiger partial charge on any atom is -0.508 e. The molecule has 1 atom stereocenters. The van der Waals surface area contributed by atoms with E-state index in [9.17, 15) is 9.90 Å². The van der Waals surface area contributed by atoms with Crippen LogP contribution in [0.5, 0.6) is 5.75 Å². The van der Waals surface area contributed by atoms with E-state index in [2.05, 4.69) is 11.9 Å². The van der Waals surface area contributed by atoms with E-state index in [4.69, 9.17) is 0 Å². The van der Waals surface area contributed by atoms with Gasteiger partial charge in [0, 0.05) is 13.0 Å². The summed E-state index contributed by atoms with van der Waals surface area (Å²) >= 11 is 0. The Morgan fingerprint density at radius 3 is 2.73 bits per heavy atom. The molecule has 5 nitrogen and oxygen atoms in total. The summed E-state index contributed by atoms with van der Waals surface area (Å²) in [5.41, 5.74) is 3.03. The lowest BCUT2D eigenvalue weighted by atomic mass is 10.0. The smallest absolute Gasteiger partial charge is 0.243 e. The van der Waals surface area contributed by atoms with E-state index >= 15 is 0 Å². The number of carbonyl (C=O) groups excluding carboxylic acids is 1. The molecule has 0 spiro atoms. The van der Waals surface area contributed by atoms with Crippen LogP contribution in [0, 0.1) is 0 Å². The molecule has 1 saturated heterocycles. The summed E-state index contributed by atoms with van der Waals surface area (Å²) in [5.74, 6) is 1.32. The fourth-order valence-electron chi connectivity index (χ4n) is 3.91. The van der Waals surface area contributed by atoms with Gasteiger partial charge in [-0.25, -0.2) is 4.98 Å². The Bertz CT molecular complexity index is 930. The van der Waals surface area contributed by atoms with Crippen molar-refractivity contribution >= 4 is 16.9 Å². The zero-order valence-corrected chi connectivity index (χ0v) is 14.9. The highest BCUT2D eigenvalue weighted by Gasteiger charge is 2.30. The molecular formula is C21H23N3O2. The van der Waals surface area contributed by atoms with Gasteiger partial charge in [0.2, 0.25) is 5.91 Å². The number of hydrogen-bond donors (Lipinski definition) is 1. The van der Waals surface area contributed by atoms with E-state index in [1.807, 2.05) is 45.9 Å². The van der Waals surface area contributed by atoms with Gasteiger partial charge in [-0.2, -0.15) is 0 Å². The Hall–Kier alpha value is -2.82. The van der Waals surface area contributed by atoms with Crippen molar-refractivity contribution in [2.75, 3.05) is 6.54 Å². The molecule has 1 aliphatic heterocycles. The molecule has 0 unspecified atom stereocenters. The molecule has 0 saturated carbocycles. The molecule has 1 N–H and O–H groups in total. The van der Waals surface area contributed by atoms with Crippen molar-refractivity contribution in [1.29, 1.82) is 0 Å². The molecule has 2 heterocycles. The Labute approximate surface area is 152 Å². The molecule has 1 fully saturated rings. The van der Waals surface area contributed by atoms with E-state index in [-0.39, 0.29) is 17.7 Å². The van der Waals surface area contributed by atoms with Crippen molar-refractivity contribution in [2.45, 2.75) is 38.8 Å². The Balaban J connectivity index is 1.61. The SMILES string of the molecule is CCc1nc2ccccc2n1CC(=O)N1CCC[C@@H]1c1ccc(O)cc1. The normalized spacial score (nSPS) is 17.1. The predicted molar refractivity (Wildman–Crippen MR) is 101 cm³/mol. The van der Waals surface area contributed by atoms with Gasteiger partial charge in [-0.05, 0) is 42.7 Å². The number of fused-ring (bicyclic) bond motifs is 1. The van der Waals surface area contributed by atoms with Crippen LogP contribution in [0.1, 0.15) is 37.2 Å². The van der Waals surface area contributed by atoms with Crippen molar-refractivity contribution in [3.05, 3.63) is 59.9 Å². The maximum atomic E-state index is 13.1. The third-order valence-electron chi connectivity index (χ3n) is 5.19. The molecular weight excluding hydrogens is 326 g/mol. The van der Waals surface area contributed by atoms with Crippen molar-refractivity contribution in [1.82, 2.24) is 14.5 Å². The molecule has 2 aromatic carbocycles. The van der Waals surface area contributed by atoms with Crippen LogP contribution >= 0.6 is 0 Å². The summed E-state index contributed by atoms with van der Waals surface area (Å²) in [6.07, 6.45) is 2.76. The second-order valence-electron chi connectivity index (χ2n) is 6.79. The summed E-state index contributed by atoms with van der Waals surface area (Å²) in [5, 5.41) is 9.51. The molecule has 5 heteroatoms. The number of rotatable bonds is 4. The minimum atomic E-state index is 0.0861. The lowest BCUT2D eigenvalue weighted by Crippen LogP contribution is -2.33. The Morgan fingerprint density at radius 1 is 1.19 bits per heavy atom. The van der Waals surface area contributed by atoms with Gasteiger partial charge < -0.3 is 14.6 Å². The van der Waals surface area contributed by atoms with Crippen LogP contribution in [-0.2, 0) is 17.8 Å². The number of aromatic hydroxyl groups is 1. The number of phenols is 1. The van der Waals surface area contributed by atoms with Crippen LogP contribution in [0.4, 0.5) is 0 Å². The van der Waals surface area contributed by atoms with Gasteiger partial charge in [0.1, 0.15) is 18.1 Å². The first-order valence-electron chi connectivity index (χ1n) is 9.20. The third-order valence-corrected chi connectivity index (χ3v) is 5.19. The number of phenolic OH excluding ortho intramolecular Hbond substituents is 1. The predicted octanol–water partition coefficient (Wildman–Crippen LogP) is 3.67. The van der Waals surface area contributed by atoms with Crippen molar-refractivity contribution < 1.29 is 9.90 Å². The largest absolute Gasteiger partial charge is 0.508 e. The number of aromatic nitrogens is 2. The number of para-hydroxylation sites is 2. The summed E-state index contributed by atoms with van der Waals surface area (Å²) in [6.45, 7) is 3.16. The zero-order valence-electron chi connectivity index (χ0n) is 14.9. The van der Waals surface area contributed by atoms with Gasteiger partial charge >= 0.3 is 0 Å². The van der Waals surface area contributed by atoms with Crippen LogP contribution in [-0.4, -0.2) is 32.0 Å². The summed E-state index contributed by atoms with van der Waals surface area (Å²) in [4.78, 5) is 19.7. The second kappa shape index (κ2) is 6.83. The fraction of sp³-hybridized carbons (Fsp3) is 0.333. The molecule has 4 rings (SSSR count). The van der Waals surface area contributed by atoms with E-state index in [1.165, 1.54) is 0 Å². The molecule has 3 aromatic rings. The third kappa shape index (κ3) is 2.94. The van der Waals surface area contributed by atoms with Crippen LogP contribution in [0.25, 0.3) is 11.0 Å². The van der Waals surface area contributed by atoms with Gasteiger partial charge in [0.05, 0.1) is 17.1 Å². The molecule has 0 radical (unpaired) electrons. The van der Waals surface area contributed by atoms with Gasteiger partial charge in [0.25, 0.3) is 0 Å². The topological polar surface area (TPSA) is 58.4 Å². The van der Waals surface area contributed by atoms with Gasteiger partial charge in [-0.1, -0.05) is 31.2 Å². The van der Waals surface area contributed by atoms with Crippen LogP contribution in [0.15, 0.2) is 48.5 Å². The van der Waals surface area contributed by atoms with Crippen LogP contribution < -0.4 is 0 Å². The van der Waals surface area contributed by atoms with Crippen molar-refractivity contribution in [3.63, 3.8) is 0 Å². The summed E-state index contributed by atoms with van der Waals surface area (Å²) < 4.78 is 2.05. The molecule has 1 aromatic heterocycles. The molecule has 1 aliphatic rings. The van der Waals surface area contributed by atoms with Gasteiger partial charge in [-0.3, -0.25) is 4.79 Å². The van der Waals surface area contributed by atoms with Crippen LogP contribution in [0.2, 0.25) is 0 Å². The number of benzene rings is 2. The summed E-state index contributed by atoms with van der Waals surface area (Å²) in [7, 11) is 0. The van der Waals surface area contributed by atoms with E-state index in [0.717, 1.165) is 48.2 Å². The maximum Gasteiger partial charge on any atom is 0.243 e. The highest BCUT2D eigenvalue weighted by atomic mass is 16.3. The standard InChI is InChI=1S/C21H23N3O2/c1-2-20-22-17-6-3-4-7-19(17)24(20)14-21(26)23-13-5-8-18(23)15-9-11-16(25)12-10-15/h3-4,6-7,9-12,18,25H,2,5,8,13-14H2,1H3/t18-/m1/s1. The number of amides is 1. The van der Waals surface area contributed by atoms with Crippen molar-refractivity contribution in [3.8, 4) is 5.75 Å². The van der Waals surface area contributed by atoms with E-state index in [0.29, 0.717) is 6.54 Å². The monoisotopic (exact) mass is 349 g/mol. The zero-order chi connectivity index (χ0) is 18.1. The number of likely N-dealkylation sites (tertiary alicyclic amines) is 1. The molecule has 0 bridgehead atoms. The van der Waals surface area contributed by atoms with Crippen LogP contribution in [0.3, 0.4) is 0 Å². The Morgan fingerprint density at radius 2 is 1.96 bits per heavy atom. The number of nitrogens with zero attached hydrogens (tertiary/aromatic N) is 3. The highest BCUT2D eigenvalue weighted by molar-refractivity contribution is 5.81. The lowest BCUT2D eigenvalue weighted by molar-refractivity contribution is -0.132. The Kier molecular flexibility index (Phi) is 4.37. The first-order chi connectivity index (χ1) is 12.7. The second-order valence-corrected chi connectivity index (χ2v) is 6.79. The first-order valence-corrected chi connectivity index (χ1v) is 9.20. The molecule has 0 aliphatic carbocycles. The number of imidazole rings is 1. The molecule has 1 amide bonds. The first kappa shape index (κ1) is 16.6. The quantitative estimate of drug-likeness (QED) is 0.782. The van der Waals surface area contributed by atoms with Crippen molar-refractivity contribution in [2.24, 2.45) is 0 Å². The molecule has 134 valence electrons. The highest BCUT2D eigenvalue weighted by Crippen LogP contribution is 2.33. The number of hydrogen-bond acceptors (Lipinski definition) is 3. The van der Waals surface area contributed by atoms with Gasteiger partial charge in [-0.15, -0.1) is 0 Å². The van der Waals surface area contributed by atoms with E-state index in [1.54, 1.807) is 12.1 Å². The number of carbonyl (C=O) groups is 1. The number of aryl methyl sites for hydroxylation is 1. The average molecular weight is 349 g/mol. The fourth-order valence-corrected chi connectivity index (χ4v) is 3.91. The molecule has 26 heavy (non-hydrogen) atoms. The minimum absolute atomic E-state index is 0.0861. The average Bonchev–Trinajstić information content (AvgIpc) is 3.27. The van der Waals surface area contributed by atoms with Gasteiger partial charge in [0.15, 0.2) is 0 Å². The maximum absolute atomic E-state index is 13.1. The lowest BCUT2D eigenvalue weighted by Gasteiger charge is -2.26. The van der Waals surface area contributed by atoms with E-state index < -0.39 is 0 Å². The summed E-state index contributed by atoms with van der Waals surface area (Å²) in [6, 6.07) is 15.3.